The molecule has 0 spiro atoms. The Labute approximate surface area is 122 Å². The first-order valence-electron chi connectivity index (χ1n) is 8.72. The largest absolute Gasteiger partial charge is 0.0999 e. The summed E-state index contributed by atoms with van der Waals surface area (Å²) in [6.45, 7) is 13.4. The third-order valence-corrected chi connectivity index (χ3v) is 5.39. The van der Waals surface area contributed by atoms with Crippen molar-refractivity contribution in [2.45, 2.75) is 85.5 Å². The van der Waals surface area contributed by atoms with E-state index in [2.05, 4.69) is 34.3 Å². The minimum Gasteiger partial charge on any atom is -0.0999 e. The second kappa shape index (κ2) is 8.82. The van der Waals surface area contributed by atoms with Gasteiger partial charge in [0, 0.05) is 0 Å². The van der Waals surface area contributed by atoms with Gasteiger partial charge in [-0.3, -0.25) is 0 Å². The van der Waals surface area contributed by atoms with Crippen molar-refractivity contribution in [2.75, 3.05) is 0 Å². The maximum absolute atomic E-state index is 4.11. The third kappa shape index (κ3) is 6.15. The van der Waals surface area contributed by atoms with E-state index in [0.717, 1.165) is 23.7 Å². The molecular formula is C19H36. The van der Waals surface area contributed by atoms with Crippen LogP contribution < -0.4 is 0 Å². The predicted octanol–water partition coefficient (Wildman–Crippen LogP) is 6.61. The van der Waals surface area contributed by atoms with E-state index in [1.165, 1.54) is 63.4 Å². The second-order valence-corrected chi connectivity index (χ2v) is 7.18. The SMILES string of the molecule is C=C(C)C(C)CC1CCC(CC(CC)CCCC)C1. The lowest BCUT2D eigenvalue weighted by atomic mass is 9.86. The van der Waals surface area contributed by atoms with Gasteiger partial charge in [0.2, 0.25) is 0 Å². The van der Waals surface area contributed by atoms with Crippen molar-refractivity contribution >= 4 is 0 Å². The van der Waals surface area contributed by atoms with Crippen molar-refractivity contribution in [1.82, 2.24) is 0 Å². The lowest BCUT2D eigenvalue weighted by Crippen LogP contribution is -2.08. The highest BCUT2D eigenvalue weighted by molar-refractivity contribution is 4.95. The third-order valence-electron chi connectivity index (χ3n) is 5.39. The van der Waals surface area contributed by atoms with Crippen LogP contribution in [-0.2, 0) is 0 Å². The molecule has 4 atom stereocenters. The first-order chi connectivity index (χ1) is 9.06. The fraction of sp³-hybridized carbons (Fsp3) is 0.895. The van der Waals surface area contributed by atoms with E-state index < -0.39 is 0 Å². The Balaban J connectivity index is 2.28. The molecule has 4 unspecified atom stereocenters. The Hall–Kier alpha value is -0.260. The number of hydrogen-bond acceptors (Lipinski definition) is 0. The molecule has 1 rings (SSSR count). The molecule has 0 N–H and O–H groups in total. The van der Waals surface area contributed by atoms with Crippen molar-refractivity contribution in [1.29, 1.82) is 0 Å². The van der Waals surface area contributed by atoms with E-state index in [0.29, 0.717) is 0 Å². The van der Waals surface area contributed by atoms with Gasteiger partial charge in [0.1, 0.15) is 0 Å². The molecule has 1 aliphatic rings. The average molecular weight is 264 g/mol. The van der Waals surface area contributed by atoms with Gasteiger partial charge < -0.3 is 0 Å². The number of unbranched alkanes of at least 4 members (excludes halogenated alkanes) is 1. The van der Waals surface area contributed by atoms with Crippen LogP contribution in [0.1, 0.15) is 85.5 Å². The molecule has 0 aliphatic heterocycles. The van der Waals surface area contributed by atoms with Crippen molar-refractivity contribution in [3.63, 3.8) is 0 Å². The van der Waals surface area contributed by atoms with Crippen molar-refractivity contribution in [2.24, 2.45) is 23.7 Å². The number of allylic oxidation sites excluding steroid dienone is 1. The van der Waals surface area contributed by atoms with Gasteiger partial charge in [-0.15, -0.1) is 0 Å². The molecule has 0 aromatic carbocycles. The van der Waals surface area contributed by atoms with E-state index in [-0.39, 0.29) is 0 Å². The minimum atomic E-state index is 0.728. The fourth-order valence-electron chi connectivity index (χ4n) is 3.76. The molecule has 19 heavy (non-hydrogen) atoms. The van der Waals surface area contributed by atoms with E-state index >= 15 is 0 Å². The van der Waals surface area contributed by atoms with Crippen LogP contribution >= 0.6 is 0 Å². The molecule has 1 aliphatic carbocycles. The van der Waals surface area contributed by atoms with Crippen molar-refractivity contribution in [3.05, 3.63) is 12.2 Å². The zero-order valence-electron chi connectivity index (χ0n) is 13.9. The van der Waals surface area contributed by atoms with Crippen LogP contribution in [0, 0.1) is 23.7 Å². The predicted molar refractivity (Wildman–Crippen MR) is 87.3 cm³/mol. The monoisotopic (exact) mass is 264 g/mol. The number of rotatable bonds is 9. The van der Waals surface area contributed by atoms with E-state index in [1.807, 2.05) is 0 Å². The van der Waals surface area contributed by atoms with Crippen LogP contribution in [0.3, 0.4) is 0 Å². The maximum Gasteiger partial charge on any atom is -0.0234 e. The van der Waals surface area contributed by atoms with Gasteiger partial charge in [0.25, 0.3) is 0 Å². The van der Waals surface area contributed by atoms with E-state index in [9.17, 15) is 0 Å². The summed E-state index contributed by atoms with van der Waals surface area (Å²) < 4.78 is 0. The summed E-state index contributed by atoms with van der Waals surface area (Å²) in [5.41, 5.74) is 1.37. The van der Waals surface area contributed by atoms with Gasteiger partial charge in [-0.2, -0.15) is 0 Å². The Morgan fingerprint density at radius 2 is 1.79 bits per heavy atom. The number of hydrogen-bond donors (Lipinski definition) is 0. The lowest BCUT2D eigenvalue weighted by Gasteiger charge is -2.20. The molecule has 1 fully saturated rings. The molecule has 0 bridgehead atoms. The van der Waals surface area contributed by atoms with Crippen molar-refractivity contribution < 1.29 is 0 Å². The summed E-state index contributed by atoms with van der Waals surface area (Å²) in [5, 5.41) is 0. The molecule has 0 radical (unpaired) electrons. The summed E-state index contributed by atoms with van der Waals surface area (Å²) in [6, 6.07) is 0. The van der Waals surface area contributed by atoms with Gasteiger partial charge in [0.05, 0.1) is 0 Å². The standard InChI is InChI=1S/C19H36/c1-6-8-9-17(7-2)13-19-11-10-18(14-19)12-16(5)15(3)4/h16-19H,3,6-14H2,1-2,4-5H3. The summed E-state index contributed by atoms with van der Waals surface area (Å²) >= 11 is 0. The van der Waals surface area contributed by atoms with Gasteiger partial charge in [-0.05, 0) is 49.9 Å². The highest BCUT2D eigenvalue weighted by Gasteiger charge is 2.27. The molecule has 0 heteroatoms. The van der Waals surface area contributed by atoms with Gasteiger partial charge in [0.15, 0.2) is 0 Å². The molecular weight excluding hydrogens is 228 g/mol. The van der Waals surface area contributed by atoms with Crippen LogP contribution in [0.5, 0.6) is 0 Å². The van der Waals surface area contributed by atoms with Gasteiger partial charge >= 0.3 is 0 Å². The Morgan fingerprint density at radius 3 is 2.32 bits per heavy atom. The topological polar surface area (TPSA) is 0 Å². The molecule has 0 amide bonds. The Bertz CT molecular complexity index is 253. The van der Waals surface area contributed by atoms with Gasteiger partial charge in [-0.1, -0.05) is 71.4 Å². The molecule has 0 saturated heterocycles. The smallest absolute Gasteiger partial charge is 0.0234 e. The first kappa shape index (κ1) is 16.8. The van der Waals surface area contributed by atoms with E-state index in [4.69, 9.17) is 0 Å². The highest BCUT2D eigenvalue weighted by Crippen LogP contribution is 2.40. The molecule has 1 saturated carbocycles. The van der Waals surface area contributed by atoms with E-state index in [1.54, 1.807) is 0 Å². The normalized spacial score (nSPS) is 26.3. The first-order valence-corrected chi connectivity index (χ1v) is 8.72. The van der Waals surface area contributed by atoms with Crippen molar-refractivity contribution in [3.8, 4) is 0 Å². The molecule has 0 aromatic rings. The van der Waals surface area contributed by atoms with Crippen LogP contribution in [-0.4, -0.2) is 0 Å². The summed E-state index contributed by atoms with van der Waals surface area (Å²) in [7, 11) is 0. The summed E-state index contributed by atoms with van der Waals surface area (Å²) in [5.74, 6) is 3.75. The average Bonchev–Trinajstić information content (AvgIpc) is 2.81. The Kier molecular flexibility index (Phi) is 7.80. The van der Waals surface area contributed by atoms with Crippen LogP contribution in [0.2, 0.25) is 0 Å². The quantitative estimate of drug-likeness (QED) is 0.411. The second-order valence-electron chi connectivity index (χ2n) is 7.18. The highest BCUT2D eigenvalue weighted by atomic mass is 14.3. The summed E-state index contributed by atoms with van der Waals surface area (Å²) in [6.07, 6.45) is 13.0. The van der Waals surface area contributed by atoms with Crippen LogP contribution in [0.4, 0.5) is 0 Å². The lowest BCUT2D eigenvalue weighted by molar-refractivity contribution is 0.327. The zero-order valence-corrected chi connectivity index (χ0v) is 13.9. The summed E-state index contributed by atoms with van der Waals surface area (Å²) in [4.78, 5) is 0. The molecule has 112 valence electrons. The van der Waals surface area contributed by atoms with Crippen LogP contribution in [0.25, 0.3) is 0 Å². The van der Waals surface area contributed by atoms with Gasteiger partial charge in [-0.25, -0.2) is 0 Å². The minimum absolute atomic E-state index is 0.728. The van der Waals surface area contributed by atoms with Crippen LogP contribution in [0.15, 0.2) is 12.2 Å². The fourth-order valence-corrected chi connectivity index (χ4v) is 3.76. The molecule has 0 aromatic heterocycles. The molecule has 0 heterocycles. The maximum atomic E-state index is 4.11. The molecule has 0 nitrogen and oxygen atoms in total. The Morgan fingerprint density at radius 1 is 1.16 bits per heavy atom. The zero-order chi connectivity index (χ0) is 14.3.